The van der Waals surface area contributed by atoms with Crippen LogP contribution in [0.4, 0.5) is 0 Å². The Balaban J connectivity index is 2.83. The summed E-state index contributed by atoms with van der Waals surface area (Å²) in [5.74, 6) is 1.86. The third kappa shape index (κ3) is 3.15. The molecule has 0 saturated heterocycles. The molecule has 0 saturated carbocycles. The summed E-state index contributed by atoms with van der Waals surface area (Å²) in [6, 6.07) is 0. The summed E-state index contributed by atoms with van der Waals surface area (Å²) in [5.41, 5.74) is 1.18. The van der Waals surface area contributed by atoms with Crippen LogP contribution in [-0.2, 0) is 14.3 Å². The van der Waals surface area contributed by atoms with E-state index in [0.29, 0.717) is 24.2 Å². The predicted molar refractivity (Wildman–Crippen MR) is 71.9 cm³/mol. The summed E-state index contributed by atoms with van der Waals surface area (Å²) in [4.78, 5) is 11.5. The van der Waals surface area contributed by atoms with Gasteiger partial charge in [-0.15, -0.1) is 0 Å². The second kappa shape index (κ2) is 6.62. The van der Waals surface area contributed by atoms with Crippen LogP contribution in [0.25, 0.3) is 0 Å². The first-order chi connectivity index (χ1) is 8.54. The molecule has 0 radical (unpaired) electrons. The third-order valence-electron chi connectivity index (χ3n) is 3.89. The van der Waals surface area contributed by atoms with Gasteiger partial charge in [-0.05, 0) is 24.3 Å². The number of ether oxygens (including phenoxy) is 2. The first kappa shape index (κ1) is 14.8. The molecule has 0 heterocycles. The van der Waals surface area contributed by atoms with Crippen molar-refractivity contribution in [1.82, 2.24) is 0 Å². The lowest BCUT2D eigenvalue weighted by Crippen LogP contribution is -2.26. The van der Waals surface area contributed by atoms with Gasteiger partial charge in [0.2, 0.25) is 0 Å². The normalized spacial score (nSPS) is 24.9. The largest absolute Gasteiger partial charge is 0.501 e. The fourth-order valence-electron chi connectivity index (χ4n) is 2.80. The van der Waals surface area contributed by atoms with E-state index in [2.05, 4.69) is 32.9 Å². The topological polar surface area (TPSA) is 35.5 Å². The Kier molecular flexibility index (Phi) is 5.45. The molecule has 3 atom stereocenters. The summed E-state index contributed by atoms with van der Waals surface area (Å²) in [5, 5.41) is 0. The van der Waals surface area contributed by atoms with Crippen LogP contribution in [-0.4, -0.2) is 20.2 Å². The van der Waals surface area contributed by atoms with Gasteiger partial charge in [0.15, 0.2) is 0 Å². The van der Waals surface area contributed by atoms with E-state index in [4.69, 9.17) is 9.47 Å². The van der Waals surface area contributed by atoms with Crippen molar-refractivity contribution in [3.8, 4) is 0 Å². The zero-order valence-corrected chi connectivity index (χ0v) is 12.0. The van der Waals surface area contributed by atoms with Crippen molar-refractivity contribution in [3.05, 3.63) is 23.5 Å². The maximum atomic E-state index is 11.5. The zero-order valence-electron chi connectivity index (χ0n) is 12.0. The van der Waals surface area contributed by atoms with Gasteiger partial charge in [-0.2, -0.15) is 0 Å². The van der Waals surface area contributed by atoms with Crippen molar-refractivity contribution in [2.24, 2.45) is 17.8 Å². The minimum Gasteiger partial charge on any atom is -0.501 e. The van der Waals surface area contributed by atoms with E-state index >= 15 is 0 Å². The highest BCUT2D eigenvalue weighted by molar-refractivity contribution is 5.69. The molecule has 3 heteroatoms. The van der Waals surface area contributed by atoms with E-state index in [9.17, 15) is 4.79 Å². The number of esters is 1. The maximum absolute atomic E-state index is 11.5. The molecular formula is C15H24O3. The fraction of sp³-hybridized carbons (Fsp3) is 0.667. The molecule has 0 aromatic rings. The van der Waals surface area contributed by atoms with Gasteiger partial charge in [0, 0.05) is 12.3 Å². The third-order valence-corrected chi connectivity index (χ3v) is 3.89. The van der Waals surface area contributed by atoms with Gasteiger partial charge in [0.25, 0.3) is 0 Å². The minimum atomic E-state index is -0.132. The zero-order chi connectivity index (χ0) is 13.7. The Morgan fingerprint density at radius 2 is 2.11 bits per heavy atom. The van der Waals surface area contributed by atoms with Gasteiger partial charge in [-0.3, -0.25) is 4.79 Å². The van der Waals surface area contributed by atoms with E-state index in [1.165, 1.54) is 12.7 Å². The second-order valence-corrected chi connectivity index (χ2v) is 4.93. The number of carbonyl (C=O) groups excluding carboxylic acids is 1. The van der Waals surface area contributed by atoms with Crippen molar-refractivity contribution < 1.29 is 14.3 Å². The van der Waals surface area contributed by atoms with Crippen LogP contribution in [0.1, 0.15) is 33.6 Å². The van der Waals surface area contributed by atoms with Crippen LogP contribution in [0.15, 0.2) is 23.5 Å². The average molecular weight is 252 g/mol. The number of hydrogen-bond donors (Lipinski definition) is 0. The lowest BCUT2D eigenvalue weighted by molar-refractivity contribution is -0.142. The van der Waals surface area contributed by atoms with Crippen LogP contribution >= 0.6 is 0 Å². The van der Waals surface area contributed by atoms with Crippen LogP contribution in [0.3, 0.4) is 0 Å². The molecule has 2 unspecified atom stereocenters. The number of rotatable bonds is 5. The van der Waals surface area contributed by atoms with Crippen LogP contribution in [0, 0.1) is 17.8 Å². The van der Waals surface area contributed by atoms with Gasteiger partial charge in [-0.1, -0.05) is 32.4 Å². The lowest BCUT2D eigenvalue weighted by atomic mass is 9.75. The van der Waals surface area contributed by atoms with Gasteiger partial charge in [0.1, 0.15) is 5.76 Å². The van der Waals surface area contributed by atoms with Gasteiger partial charge >= 0.3 is 5.97 Å². The lowest BCUT2D eigenvalue weighted by Gasteiger charge is -2.32. The molecule has 0 fully saturated rings. The molecule has 0 bridgehead atoms. The molecule has 0 amide bonds. The molecule has 102 valence electrons. The van der Waals surface area contributed by atoms with E-state index in [1.807, 2.05) is 0 Å². The van der Waals surface area contributed by atoms with E-state index in [-0.39, 0.29) is 5.97 Å². The molecule has 18 heavy (non-hydrogen) atoms. The van der Waals surface area contributed by atoms with Crippen molar-refractivity contribution in [3.63, 3.8) is 0 Å². The van der Waals surface area contributed by atoms with Crippen molar-refractivity contribution in [2.75, 3.05) is 14.2 Å². The molecule has 0 N–H and O–H groups in total. The van der Waals surface area contributed by atoms with E-state index in [0.717, 1.165) is 12.2 Å². The number of methoxy groups -OCH3 is 2. The van der Waals surface area contributed by atoms with Crippen LogP contribution in [0.5, 0.6) is 0 Å². The molecule has 3 nitrogen and oxygen atoms in total. The maximum Gasteiger partial charge on any atom is 0.305 e. The Morgan fingerprint density at radius 3 is 2.61 bits per heavy atom. The van der Waals surface area contributed by atoms with E-state index in [1.54, 1.807) is 7.11 Å². The summed E-state index contributed by atoms with van der Waals surface area (Å²) in [7, 11) is 3.16. The molecule has 0 aromatic heterocycles. The average Bonchev–Trinajstić information content (AvgIpc) is 2.37. The molecule has 1 aliphatic carbocycles. The first-order valence-electron chi connectivity index (χ1n) is 6.54. The van der Waals surface area contributed by atoms with Gasteiger partial charge in [-0.25, -0.2) is 0 Å². The molecule has 0 aromatic carbocycles. The molecule has 1 aliphatic rings. The summed E-state index contributed by atoms with van der Waals surface area (Å²) >= 11 is 0. The predicted octanol–water partition coefficient (Wildman–Crippen LogP) is 3.32. The Bertz CT molecular complexity index is 355. The molecule has 0 spiro atoms. The first-order valence-corrected chi connectivity index (χ1v) is 6.54. The van der Waals surface area contributed by atoms with Crippen molar-refractivity contribution >= 4 is 5.97 Å². The van der Waals surface area contributed by atoms with Crippen LogP contribution < -0.4 is 0 Å². The van der Waals surface area contributed by atoms with Gasteiger partial charge in [0.05, 0.1) is 14.2 Å². The molecule has 0 aliphatic heterocycles. The quantitative estimate of drug-likeness (QED) is 0.704. The fourth-order valence-corrected chi connectivity index (χ4v) is 2.80. The SMILES string of the molecule is CC[C@H](CC(=O)OC)C1C=CC(C)=C(OC)C1C. The van der Waals surface area contributed by atoms with Crippen LogP contribution in [0.2, 0.25) is 0 Å². The highest BCUT2D eigenvalue weighted by Crippen LogP contribution is 2.37. The Morgan fingerprint density at radius 1 is 1.44 bits per heavy atom. The van der Waals surface area contributed by atoms with Crippen molar-refractivity contribution in [1.29, 1.82) is 0 Å². The van der Waals surface area contributed by atoms with E-state index < -0.39 is 0 Å². The highest BCUT2D eigenvalue weighted by atomic mass is 16.5. The van der Waals surface area contributed by atoms with Gasteiger partial charge < -0.3 is 9.47 Å². The summed E-state index contributed by atoms with van der Waals surface area (Å²) < 4.78 is 10.3. The smallest absolute Gasteiger partial charge is 0.305 e. The summed E-state index contributed by atoms with van der Waals surface area (Å²) in [6.45, 7) is 6.34. The minimum absolute atomic E-state index is 0.132. The molecular weight excluding hydrogens is 228 g/mol. The van der Waals surface area contributed by atoms with Crippen molar-refractivity contribution in [2.45, 2.75) is 33.6 Å². The number of hydrogen-bond acceptors (Lipinski definition) is 3. The standard InChI is InChI=1S/C15H24O3/c1-6-12(9-14(16)17-4)13-8-7-10(2)15(18-5)11(13)3/h7-8,11-13H,6,9H2,1-5H3/t11?,12-,13?/m1/s1. The highest BCUT2D eigenvalue weighted by Gasteiger charge is 2.31. The monoisotopic (exact) mass is 252 g/mol. The second-order valence-electron chi connectivity index (χ2n) is 4.93. The Hall–Kier alpha value is -1.25. The number of carbonyl (C=O) groups is 1. The Labute approximate surface area is 110 Å². The molecule has 1 rings (SSSR count). The number of allylic oxidation sites excluding steroid dienone is 4. The summed E-state index contributed by atoms with van der Waals surface area (Å²) in [6.07, 6.45) is 5.75.